The lowest BCUT2D eigenvalue weighted by Crippen LogP contribution is -2.46. The minimum absolute atomic E-state index is 0.0306. The van der Waals surface area contributed by atoms with Crippen LogP contribution < -0.4 is 10.6 Å². The number of piperidine rings is 1. The number of rotatable bonds is 6. The number of furan rings is 1. The fraction of sp³-hybridized carbons (Fsp3) is 0.280. The third-order valence-electron chi connectivity index (χ3n) is 5.54. The molecule has 160 valence electrons. The van der Waals surface area contributed by atoms with E-state index in [1.807, 2.05) is 61.5 Å². The second-order valence-corrected chi connectivity index (χ2v) is 7.89. The molecule has 1 fully saturated rings. The van der Waals surface area contributed by atoms with E-state index < -0.39 is 0 Å². The molecule has 0 atom stereocenters. The predicted molar refractivity (Wildman–Crippen MR) is 121 cm³/mol. The van der Waals surface area contributed by atoms with Gasteiger partial charge in [-0.15, -0.1) is 0 Å². The van der Waals surface area contributed by atoms with Crippen LogP contribution in [0.2, 0.25) is 0 Å². The maximum atomic E-state index is 12.7. The van der Waals surface area contributed by atoms with Gasteiger partial charge < -0.3 is 15.1 Å². The van der Waals surface area contributed by atoms with Gasteiger partial charge >= 0.3 is 0 Å². The van der Waals surface area contributed by atoms with Gasteiger partial charge in [-0.05, 0) is 43.5 Å². The van der Waals surface area contributed by atoms with Crippen LogP contribution in [-0.2, 0) is 4.79 Å². The molecule has 2 aromatic carbocycles. The number of carbonyl (C=O) groups is 2. The summed E-state index contributed by atoms with van der Waals surface area (Å²) < 4.78 is 5.38. The topological polar surface area (TPSA) is 74.6 Å². The van der Waals surface area contributed by atoms with Crippen LogP contribution in [0.1, 0.15) is 29.2 Å². The summed E-state index contributed by atoms with van der Waals surface area (Å²) in [4.78, 5) is 27.1. The summed E-state index contributed by atoms with van der Waals surface area (Å²) >= 11 is 0. The standard InChI is InChI=1S/C25H27N3O3/c1-18-11-12-23(31-18)25(30)26-20-13-15-28(16-14-20)17-24(29)27-22-10-6-5-9-21(22)19-7-3-2-4-8-19/h2-12,20H,13-17H2,1H3,(H,26,30)(H,27,29). The molecule has 6 nitrogen and oxygen atoms in total. The smallest absolute Gasteiger partial charge is 0.287 e. The number of anilines is 1. The van der Waals surface area contributed by atoms with Crippen molar-refractivity contribution in [3.05, 3.63) is 78.3 Å². The van der Waals surface area contributed by atoms with E-state index in [-0.39, 0.29) is 17.9 Å². The summed E-state index contributed by atoms with van der Waals surface area (Å²) in [6.45, 7) is 3.67. The van der Waals surface area contributed by atoms with E-state index in [2.05, 4.69) is 15.5 Å². The molecule has 0 spiro atoms. The van der Waals surface area contributed by atoms with Crippen molar-refractivity contribution in [1.29, 1.82) is 0 Å². The van der Waals surface area contributed by atoms with Crippen LogP contribution in [0.4, 0.5) is 5.69 Å². The van der Waals surface area contributed by atoms with Gasteiger partial charge in [0.25, 0.3) is 5.91 Å². The van der Waals surface area contributed by atoms with Crippen molar-refractivity contribution in [2.45, 2.75) is 25.8 Å². The lowest BCUT2D eigenvalue weighted by molar-refractivity contribution is -0.117. The van der Waals surface area contributed by atoms with E-state index in [0.717, 1.165) is 48.5 Å². The van der Waals surface area contributed by atoms with Crippen molar-refractivity contribution in [3.63, 3.8) is 0 Å². The number of aryl methyl sites for hydroxylation is 1. The molecular weight excluding hydrogens is 390 g/mol. The molecule has 6 heteroatoms. The molecule has 0 unspecified atom stereocenters. The zero-order valence-corrected chi connectivity index (χ0v) is 17.6. The third-order valence-corrected chi connectivity index (χ3v) is 5.54. The zero-order valence-electron chi connectivity index (χ0n) is 17.6. The molecule has 1 aromatic heterocycles. The monoisotopic (exact) mass is 417 g/mol. The molecule has 1 aliphatic heterocycles. The molecule has 0 saturated carbocycles. The molecule has 0 aliphatic carbocycles. The average Bonchev–Trinajstić information content (AvgIpc) is 3.22. The Morgan fingerprint density at radius 1 is 0.968 bits per heavy atom. The highest BCUT2D eigenvalue weighted by Gasteiger charge is 2.23. The minimum atomic E-state index is -0.179. The SMILES string of the molecule is Cc1ccc(C(=O)NC2CCN(CC(=O)Nc3ccccc3-c3ccccc3)CC2)o1. The summed E-state index contributed by atoms with van der Waals surface area (Å²) in [5.74, 6) is 0.856. The highest BCUT2D eigenvalue weighted by atomic mass is 16.3. The lowest BCUT2D eigenvalue weighted by atomic mass is 10.0. The Morgan fingerprint density at radius 3 is 2.39 bits per heavy atom. The van der Waals surface area contributed by atoms with Gasteiger partial charge in [-0.25, -0.2) is 0 Å². The van der Waals surface area contributed by atoms with Gasteiger partial charge in [0.15, 0.2) is 5.76 Å². The van der Waals surface area contributed by atoms with Gasteiger partial charge in [-0.2, -0.15) is 0 Å². The van der Waals surface area contributed by atoms with Gasteiger partial charge in [-0.1, -0.05) is 48.5 Å². The van der Waals surface area contributed by atoms with Crippen LogP contribution in [0.3, 0.4) is 0 Å². The first kappa shape index (κ1) is 20.9. The van der Waals surface area contributed by atoms with Crippen molar-refractivity contribution >= 4 is 17.5 Å². The van der Waals surface area contributed by atoms with E-state index in [4.69, 9.17) is 4.42 Å². The van der Waals surface area contributed by atoms with Gasteiger partial charge in [0.05, 0.1) is 6.54 Å². The van der Waals surface area contributed by atoms with Crippen LogP contribution in [-0.4, -0.2) is 42.4 Å². The average molecular weight is 418 g/mol. The van der Waals surface area contributed by atoms with E-state index in [9.17, 15) is 9.59 Å². The Hall–Kier alpha value is -3.38. The Balaban J connectivity index is 1.28. The number of nitrogens with one attached hydrogen (secondary N) is 2. The Kier molecular flexibility index (Phi) is 6.48. The van der Waals surface area contributed by atoms with Crippen molar-refractivity contribution in [1.82, 2.24) is 10.2 Å². The highest BCUT2D eigenvalue weighted by Crippen LogP contribution is 2.27. The van der Waals surface area contributed by atoms with Gasteiger partial charge in [0.1, 0.15) is 5.76 Å². The molecule has 1 aliphatic rings. The van der Waals surface area contributed by atoms with Crippen molar-refractivity contribution in [2.75, 3.05) is 25.0 Å². The molecule has 3 aromatic rings. The largest absolute Gasteiger partial charge is 0.456 e. The number of carbonyl (C=O) groups excluding carboxylic acids is 2. The first-order chi connectivity index (χ1) is 15.1. The summed E-state index contributed by atoms with van der Waals surface area (Å²) in [5.41, 5.74) is 2.89. The van der Waals surface area contributed by atoms with Crippen molar-refractivity contribution < 1.29 is 14.0 Å². The number of likely N-dealkylation sites (tertiary alicyclic amines) is 1. The molecule has 31 heavy (non-hydrogen) atoms. The predicted octanol–water partition coefficient (Wildman–Crippen LogP) is 4.09. The molecular formula is C25H27N3O3. The number of hydrogen-bond acceptors (Lipinski definition) is 4. The summed E-state index contributed by atoms with van der Waals surface area (Å²) in [5, 5.41) is 6.09. The molecule has 2 amide bonds. The van der Waals surface area contributed by atoms with Crippen LogP contribution >= 0.6 is 0 Å². The number of nitrogens with zero attached hydrogens (tertiary/aromatic N) is 1. The van der Waals surface area contributed by atoms with E-state index >= 15 is 0 Å². The molecule has 2 heterocycles. The molecule has 0 bridgehead atoms. The van der Waals surface area contributed by atoms with Gasteiger partial charge in [-0.3, -0.25) is 14.5 Å². The summed E-state index contributed by atoms with van der Waals surface area (Å²) in [6.07, 6.45) is 1.61. The number of para-hydroxylation sites is 1. The second kappa shape index (κ2) is 9.62. The maximum absolute atomic E-state index is 12.7. The first-order valence-electron chi connectivity index (χ1n) is 10.6. The molecule has 0 radical (unpaired) electrons. The van der Waals surface area contributed by atoms with E-state index in [1.54, 1.807) is 12.1 Å². The number of hydrogen-bond donors (Lipinski definition) is 2. The first-order valence-corrected chi connectivity index (χ1v) is 10.6. The van der Waals surface area contributed by atoms with Gasteiger partial charge in [0, 0.05) is 30.4 Å². The van der Waals surface area contributed by atoms with E-state index in [1.165, 1.54) is 0 Å². The number of amides is 2. The van der Waals surface area contributed by atoms with Gasteiger partial charge in [0.2, 0.25) is 5.91 Å². The fourth-order valence-corrected chi connectivity index (χ4v) is 3.90. The van der Waals surface area contributed by atoms with Crippen molar-refractivity contribution in [2.24, 2.45) is 0 Å². The zero-order chi connectivity index (χ0) is 21.6. The fourth-order valence-electron chi connectivity index (χ4n) is 3.90. The Labute approximate surface area is 182 Å². The third kappa shape index (κ3) is 5.41. The van der Waals surface area contributed by atoms with Crippen molar-refractivity contribution in [3.8, 4) is 11.1 Å². The quantitative estimate of drug-likeness (QED) is 0.634. The highest BCUT2D eigenvalue weighted by molar-refractivity contribution is 5.96. The lowest BCUT2D eigenvalue weighted by Gasteiger charge is -2.31. The van der Waals surface area contributed by atoms with Crippen LogP contribution in [0, 0.1) is 6.92 Å². The normalized spacial score (nSPS) is 14.9. The Morgan fingerprint density at radius 2 is 1.68 bits per heavy atom. The maximum Gasteiger partial charge on any atom is 0.287 e. The minimum Gasteiger partial charge on any atom is -0.456 e. The molecule has 1 saturated heterocycles. The van der Waals surface area contributed by atoms with Crippen LogP contribution in [0.5, 0.6) is 0 Å². The van der Waals surface area contributed by atoms with Crippen LogP contribution in [0.15, 0.2) is 71.1 Å². The van der Waals surface area contributed by atoms with Crippen LogP contribution in [0.25, 0.3) is 11.1 Å². The Bertz CT molecular complexity index is 1040. The summed E-state index contributed by atoms with van der Waals surface area (Å²) in [6, 6.07) is 21.4. The molecule has 4 rings (SSSR count). The summed E-state index contributed by atoms with van der Waals surface area (Å²) in [7, 11) is 0. The molecule has 2 N–H and O–H groups in total. The number of benzene rings is 2. The second-order valence-electron chi connectivity index (χ2n) is 7.89. The van der Waals surface area contributed by atoms with E-state index in [0.29, 0.717) is 12.3 Å².